The van der Waals surface area contributed by atoms with Crippen molar-refractivity contribution in [2.24, 2.45) is 0 Å². The molecule has 0 aliphatic carbocycles. The zero-order valence-corrected chi connectivity index (χ0v) is 8.74. The van der Waals surface area contributed by atoms with Crippen LogP contribution >= 0.6 is 7.75 Å². The largest absolute Gasteiger partial charge is 0.730 e. The summed E-state index contributed by atoms with van der Waals surface area (Å²) in [5.74, 6) is 0. The Bertz CT molecular complexity index is 240. The van der Waals surface area contributed by atoms with E-state index in [2.05, 4.69) is 0 Å². The SMILES string of the molecule is CC=C[N+]1(P(=O)([O-])O)CCCCC1. The molecule has 1 aliphatic heterocycles. The van der Waals surface area contributed by atoms with Gasteiger partial charge in [0.25, 0.3) is 0 Å². The fourth-order valence-corrected chi connectivity index (χ4v) is 2.91. The van der Waals surface area contributed by atoms with Crippen molar-refractivity contribution in [2.45, 2.75) is 26.2 Å². The topological polar surface area (TPSA) is 60.4 Å². The summed E-state index contributed by atoms with van der Waals surface area (Å²) in [7, 11) is -4.29. The summed E-state index contributed by atoms with van der Waals surface area (Å²) in [6, 6.07) is 0. The number of likely N-dealkylation sites (tertiary alicyclic amines) is 1. The molecule has 1 atom stereocenters. The highest BCUT2D eigenvalue weighted by Crippen LogP contribution is 2.47. The first kappa shape index (κ1) is 10.9. The Kier molecular flexibility index (Phi) is 3.30. The Morgan fingerprint density at radius 3 is 2.31 bits per heavy atom. The van der Waals surface area contributed by atoms with E-state index in [9.17, 15) is 9.46 Å². The molecule has 0 bridgehead atoms. The van der Waals surface area contributed by atoms with Gasteiger partial charge in [-0.1, -0.05) is 0 Å². The van der Waals surface area contributed by atoms with Gasteiger partial charge < -0.3 is 9.79 Å². The molecule has 0 radical (unpaired) electrons. The number of hydrogen-bond donors (Lipinski definition) is 1. The van der Waals surface area contributed by atoms with Gasteiger partial charge in [0.2, 0.25) is 0 Å². The van der Waals surface area contributed by atoms with Crippen molar-refractivity contribution < 1.29 is 18.6 Å². The molecule has 1 fully saturated rings. The van der Waals surface area contributed by atoms with Gasteiger partial charge in [-0.2, -0.15) is 0 Å². The van der Waals surface area contributed by atoms with Crippen LogP contribution < -0.4 is 4.89 Å². The van der Waals surface area contributed by atoms with Crippen LogP contribution in [0.4, 0.5) is 0 Å². The van der Waals surface area contributed by atoms with Crippen LogP contribution in [-0.4, -0.2) is 22.2 Å². The maximum absolute atomic E-state index is 11.2. The van der Waals surface area contributed by atoms with Gasteiger partial charge in [0, 0.05) is 0 Å². The van der Waals surface area contributed by atoms with Crippen molar-refractivity contribution in [1.82, 2.24) is 0 Å². The minimum absolute atomic E-state index is 0.260. The summed E-state index contributed by atoms with van der Waals surface area (Å²) >= 11 is 0. The van der Waals surface area contributed by atoms with Gasteiger partial charge in [0.05, 0.1) is 19.3 Å². The van der Waals surface area contributed by atoms with Crippen LogP contribution in [-0.2, 0) is 4.57 Å². The van der Waals surface area contributed by atoms with Crippen LogP contribution in [0.25, 0.3) is 0 Å². The second kappa shape index (κ2) is 3.93. The van der Waals surface area contributed by atoms with Crippen LogP contribution in [0.15, 0.2) is 12.3 Å². The molecule has 0 spiro atoms. The molecule has 0 aromatic carbocycles. The molecule has 4 nitrogen and oxygen atoms in total. The van der Waals surface area contributed by atoms with Crippen molar-refractivity contribution >= 4 is 7.75 Å². The van der Waals surface area contributed by atoms with Gasteiger partial charge in [-0.15, -0.1) is 0 Å². The van der Waals surface area contributed by atoms with Crippen LogP contribution in [0.1, 0.15) is 26.2 Å². The molecule has 13 heavy (non-hydrogen) atoms. The van der Waals surface area contributed by atoms with Gasteiger partial charge in [0.15, 0.2) is 0 Å². The molecule has 1 aliphatic rings. The third-order valence-corrected chi connectivity index (χ3v) is 4.06. The summed E-state index contributed by atoms with van der Waals surface area (Å²) in [5, 5.41) is 0. The highest BCUT2D eigenvalue weighted by atomic mass is 31.2. The number of rotatable bonds is 2. The molecule has 1 heterocycles. The van der Waals surface area contributed by atoms with E-state index in [1.165, 1.54) is 0 Å². The van der Waals surface area contributed by atoms with Crippen molar-refractivity contribution in [1.29, 1.82) is 0 Å². The average Bonchev–Trinajstić information content (AvgIpc) is 2.04. The number of quaternary nitrogens is 1. The van der Waals surface area contributed by atoms with Gasteiger partial charge in [-0.3, -0.25) is 0 Å². The first-order valence-corrected chi connectivity index (χ1v) is 6.10. The average molecular weight is 205 g/mol. The van der Waals surface area contributed by atoms with Gasteiger partial charge >= 0.3 is 7.75 Å². The minimum Gasteiger partial charge on any atom is -0.730 e. The van der Waals surface area contributed by atoms with Crippen molar-refractivity contribution in [3.63, 3.8) is 0 Å². The highest BCUT2D eigenvalue weighted by molar-refractivity contribution is 7.44. The maximum Gasteiger partial charge on any atom is 0.330 e. The van der Waals surface area contributed by atoms with Crippen LogP contribution in [0, 0.1) is 0 Å². The van der Waals surface area contributed by atoms with Gasteiger partial charge in [-0.05, 0) is 32.3 Å². The predicted molar refractivity (Wildman–Crippen MR) is 48.5 cm³/mol. The zero-order chi connectivity index (χ0) is 9.95. The molecule has 0 aromatic heterocycles. The zero-order valence-electron chi connectivity index (χ0n) is 7.85. The molecule has 76 valence electrons. The first-order valence-electron chi connectivity index (χ1n) is 4.57. The highest BCUT2D eigenvalue weighted by Gasteiger charge is 2.37. The quantitative estimate of drug-likeness (QED) is 0.683. The van der Waals surface area contributed by atoms with E-state index < -0.39 is 7.75 Å². The Morgan fingerprint density at radius 2 is 1.92 bits per heavy atom. The fourth-order valence-electron chi connectivity index (χ4n) is 1.82. The molecule has 0 amide bonds. The predicted octanol–water partition coefficient (Wildman–Crippen LogP) is 0.981. The molecular formula is C8H16NO3P. The van der Waals surface area contributed by atoms with Crippen molar-refractivity contribution in [3.05, 3.63) is 12.3 Å². The van der Waals surface area contributed by atoms with Crippen LogP contribution in [0.5, 0.6) is 0 Å². The summed E-state index contributed by atoms with van der Waals surface area (Å²) < 4.78 is 10.9. The summed E-state index contributed by atoms with van der Waals surface area (Å²) in [4.78, 5) is 20.3. The normalized spacial score (nSPS) is 27.3. The van der Waals surface area contributed by atoms with Crippen LogP contribution in [0.3, 0.4) is 0 Å². The summed E-state index contributed by atoms with van der Waals surface area (Å²) in [6.07, 6.45) is 6.03. The third kappa shape index (κ3) is 2.20. The van der Waals surface area contributed by atoms with E-state index in [1.54, 1.807) is 19.2 Å². The Balaban J connectivity index is 2.92. The van der Waals surface area contributed by atoms with E-state index in [1.807, 2.05) is 0 Å². The fraction of sp³-hybridized carbons (Fsp3) is 0.750. The second-order valence-electron chi connectivity index (χ2n) is 3.47. The molecule has 1 rings (SSSR count). The monoisotopic (exact) mass is 205 g/mol. The second-order valence-corrected chi connectivity index (χ2v) is 5.25. The molecule has 5 heteroatoms. The Hall–Kier alpha value is -0.150. The Morgan fingerprint density at radius 1 is 1.38 bits per heavy atom. The van der Waals surface area contributed by atoms with E-state index in [-0.39, 0.29) is 4.25 Å². The molecule has 1 unspecified atom stereocenters. The number of piperidine rings is 1. The lowest BCUT2D eigenvalue weighted by Crippen LogP contribution is -2.46. The van der Waals surface area contributed by atoms with E-state index in [4.69, 9.17) is 4.89 Å². The summed E-state index contributed by atoms with van der Waals surface area (Å²) in [6.45, 7) is 2.77. The lowest BCUT2D eigenvalue weighted by molar-refractivity contribution is -0.790. The summed E-state index contributed by atoms with van der Waals surface area (Å²) in [5.41, 5.74) is 0. The molecule has 0 saturated carbocycles. The standard InChI is InChI=1S/C8H16NO3P/c1-2-6-9(13(10,11)12)7-4-3-5-8-9/h2,6H,3-5,7-8H2,1H3,(H-,10,11,12). The molecule has 1 N–H and O–H groups in total. The molecule has 1 saturated heterocycles. The third-order valence-electron chi connectivity index (χ3n) is 2.52. The molecule has 0 aromatic rings. The van der Waals surface area contributed by atoms with Crippen LogP contribution in [0.2, 0.25) is 0 Å². The Labute approximate surface area is 78.7 Å². The first-order chi connectivity index (χ1) is 6.02. The minimum atomic E-state index is -4.29. The van der Waals surface area contributed by atoms with E-state index in [0.29, 0.717) is 13.1 Å². The lowest BCUT2D eigenvalue weighted by Gasteiger charge is -2.43. The number of allylic oxidation sites excluding steroid dienone is 1. The maximum atomic E-state index is 11.2. The number of nitrogens with zero attached hydrogens (tertiary/aromatic N) is 1. The van der Waals surface area contributed by atoms with E-state index in [0.717, 1.165) is 19.3 Å². The smallest absolute Gasteiger partial charge is 0.330 e. The van der Waals surface area contributed by atoms with Crippen molar-refractivity contribution in [3.8, 4) is 0 Å². The van der Waals surface area contributed by atoms with Gasteiger partial charge in [-0.25, -0.2) is 8.82 Å². The molecular weight excluding hydrogens is 189 g/mol. The van der Waals surface area contributed by atoms with Crippen molar-refractivity contribution in [2.75, 3.05) is 13.1 Å². The number of hydrogen-bond acceptors (Lipinski definition) is 2. The van der Waals surface area contributed by atoms with E-state index >= 15 is 0 Å². The lowest BCUT2D eigenvalue weighted by atomic mass is 10.1. The van der Waals surface area contributed by atoms with Gasteiger partial charge in [0.1, 0.15) is 0 Å².